The summed E-state index contributed by atoms with van der Waals surface area (Å²) in [4.78, 5) is 40.4. The van der Waals surface area contributed by atoms with Gasteiger partial charge in [0.2, 0.25) is 5.91 Å². The van der Waals surface area contributed by atoms with Crippen molar-refractivity contribution in [1.82, 2.24) is 29.8 Å². The molecule has 30 heavy (non-hydrogen) atoms. The number of ether oxygens (including phenoxy) is 1. The number of hydrogen-bond acceptors (Lipinski definition) is 6. The molecule has 162 valence electrons. The molecular weight excluding hydrogens is 458 g/mol. The van der Waals surface area contributed by atoms with Gasteiger partial charge in [-0.05, 0) is 36.7 Å². The second kappa shape index (κ2) is 9.28. The number of amides is 3. The van der Waals surface area contributed by atoms with Gasteiger partial charge < -0.3 is 19.9 Å². The Bertz CT molecular complexity index is 933. The molecule has 1 unspecified atom stereocenters. The summed E-state index contributed by atoms with van der Waals surface area (Å²) in [5, 5.41) is 13.6. The summed E-state index contributed by atoms with van der Waals surface area (Å²) in [7, 11) is 0. The summed E-state index contributed by atoms with van der Waals surface area (Å²) in [6.07, 6.45) is 2.77. The third kappa shape index (κ3) is 4.64. The first kappa shape index (κ1) is 21.8. The van der Waals surface area contributed by atoms with Crippen molar-refractivity contribution >= 4 is 39.5 Å². The zero-order chi connectivity index (χ0) is 21.8. The topological polar surface area (TPSA) is 125 Å². The summed E-state index contributed by atoms with van der Waals surface area (Å²) in [5.74, 6) is -0.466. The highest BCUT2D eigenvalue weighted by Crippen LogP contribution is 2.20. The van der Waals surface area contributed by atoms with E-state index in [0.29, 0.717) is 54.3 Å². The molecule has 2 aromatic rings. The minimum atomic E-state index is -0.553. The molecular formula is C18H24BrN7O4. The number of aromatic amines is 1. The smallest absolute Gasteiger partial charge is 0.409 e. The number of H-pyrrole nitrogens is 1. The lowest BCUT2D eigenvalue weighted by Gasteiger charge is -2.35. The molecule has 1 aliphatic rings. The van der Waals surface area contributed by atoms with E-state index in [1.54, 1.807) is 36.8 Å². The summed E-state index contributed by atoms with van der Waals surface area (Å²) >= 11 is 3.25. The third-order valence-corrected chi connectivity index (χ3v) is 5.46. The van der Waals surface area contributed by atoms with Crippen LogP contribution >= 0.6 is 15.9 Å². The molecule has 0 bridgehead atoms. The van der Waals surface area contributed by atoms with Crippen LogP contribution in [0.5, 0.6) is 0 Å². The van der Waals surface area contributed by atoms with Crippen LogP contribution in [0, 0.1) is 6.92 Å². The van der Waals surface area contributed by atoms with Crippen molar-refractivity contribution in [3.05, 3.63) is 28.3 Å². The van der Waals surface area contributed by atoms with Crippen LogP contribution in [0.4, 0.5) is 10.5 Å². The number of hydrogen-bond donors (Lipinski definition) is 2. The highest BCUT2D eigenvalue weighted by atomic mass is 79.9. The average Bonchev–Trinajstić information content (AvgIpc) is 3.32. The number of carbonyl (C=O) groups excluding carboxylic acids is 3. The SMILES string of the molecule is CCOC(=O)N1CCN(C(=O)C(C)n2cc(NC(=O)c3[nH]ncc3Br)c(C)n2)CC1. The van der Waals surface area contributed by atoms with Gasteiger partial charge in [-0.15, -0.1) is 0 Å². The minimum Gasteiger partial charge on any atom is -0.450 e. The Morgan fingerprint density at radius 2 is 1.93 bits per heavy atom. The van der Waals surface area contributed by atoms with E-state index < -0.39 is 6.04 Å². The predicted octanol–water partition coefficient (Wildman–Crippen LogP) is 1.79. The van der Waals surface area contributed by atoms with Crippen LogP contribution in [0.1, 0.15) is 36.1 Å². The number of rotatable bonds is 5. The number of anilines is 1. The highest BCUT2D eigenvalue weighted by molar-refractivity contribution is 9.10. The number of nitrogens with zero attached hydrogens (tertiary/aromatic N) is 5. The second-order valence-electron chi connectivity index (χ2n) is 6.84. The lowest BCUT2D eigenvalue weighted by atomic mass is 10.2. The molecule has 1 fully saturated rings. The van der Waals surface area contributed by atoms with Crippen molar-refractivity contribution in [3.8, 4) is 0 Å². The lowest BCUT2D eigenvalue weighted by Crippen LogP contribution is -2.52. The molecule has 3 rings (SSSR count). The Morgan fingerprint density at radius 1 is 1.27 bits per heavy atom. The zero-order valence-electron chi connectivity index (χ0n) is 17.0. The first-order valence-corrected chi connectivity index (χ1v) is 10.4. The molecule has 0 radical (unpaired) electrons. The van der Waals surface area contributed by atoms with Crippen LogP contribution in [0.25, 0.3) is 0 Å². The molecule has 1 saturated heterocycles. The van der Waals surface area contributed by atoms with Crippen molar-refractivity contribution in [2.75, 3.05) is 38.1 Å². The Kier molecular flexibility index (Phi) is 6.75. The maximum atomic E-state index is 12.9. The fourth-order valence-corrected chi connectivity index (χ4v) is 3.49. The Hall–Kier alpha value is -2.89. The van der Waals surface area contributed by atoms with Gasteiger partial charge in [-0.1, -0.05) is 0 Å². The standard InChI is InChI=1S/C18H24BrN7O4/c1-4-30-18(29)25-7-5-24(6-8-25)17(28)12(3)26-10-14(11(2)23-26)21-16(27)15-13(19)9-20-22-15/h9-10,12H,4-8H2,1-3H3,(H,20,22)(H,21,27). The maximum Gasteiger partial charge on any atom is 0.409 e. The van der Waals surface area contributed by atoms with Gasteiger partial charge in [0.15, 0.2) is 0 Å². The number of nitrogens with one attached hydrogen (secondary N) is 2. The van der Waals surface area contributed by atoms with Gasteiger partial charge in [-0.2, -0.15) is 10.2 Å². The molecule has 0 saturated carbocycles. The van der Waals surface area contributed by atoms with Crippen LogP contribution < -0.4 is 5.32 Å². The van der Waals surface area contributed by atoms with Crippen LogP contribution in [0.3, 0.4) is 0 Å². The molecule has 1 atom stereocenters. The fourth-order valence-electron chi connectivity index (χ4n) is 3.12. The molecule has 12 heteroatoms. The quantitative estimate of drug-likeness (QED) is 0.670. The molecule has 0 aromatic carbocycles. The van der Waals surface area contributed by atoms with E-state index in [1.165, 1.54) is 10.9 Å². The van der Waals surface area contributed by atoms with Crippen LogP contribution in [0.2, 0.25) is 0 Å². The van der Waals surface area contributed by atoms with E-state index in [2.05, 4.69) is 36.5 Å². The van der Waals surface area contributed by atoms with Crippen LogP contribution in [0.15, 0.2) is 16.9 Å². The fraction of sp³-hybridized carbons (Fsp3) is 0.500. The monoisotopic (exact) mass is 481 g/mol. The summed E-state index contributed by atoms with van der Waals surface area (Å²) < 4.78 is 7.09. The molecule has 2 N–H and O–H groups in total. The normalized spacial score (nSPS) is 15.1. The van der Waals surface area contributed by atoms with E-state index in [9.17, 15) is 14.4 Å². The molecule has 11 nitrogen and oxygen atoms in total. The summed E-state index contributed by atoms with van der Waals surface area (Å²) in [6, 6.07) is -0.553. The summed E-state index contributed by atoms with van der Waals surface area (Å²) in [6.45, 7) is 7.30. The minimum absolute atomic E-state index is 0.102. The molecule has 3 amide bonds. The van der Waals surface area contributed by atoms with Gasteiger partial charge in [0, 0.05) is 32.4 Å². The molecule has 0 aliphatic carbocycles. The maximum absolute atomic E-state index is 12.9. The van der Waals surface area contributed by atoms with Gasteiger partial charge in [0.05, 0.1) is 28.7 Å². The second-order valence-corrected chi connectivity index (χ2v) is 7.70. The van der Waals surface area contributed by atoms with Gasteiger partial charge in [-0.25, -0.2) is 4.79 Å². The molecule has 3 heterocycles. The van der Waals surface area contributed by atoms with Crippen LogP contribution in [-0.2, 0) is 9.53 Å². The number of aryl methyl sites for hydroxylation is 1. The van der Waals surface area contributed by atoms with E-state index in [0.717, 1.165) is 0 Å². The summed E-state index contributed by atoms with van der Waals surface area (Å²) in [5.41, 5.74) is 1.39. The van der Waals surface area contributed by atoms with E-state index >= 15 is 0 Å². The largest absolute Gasteiger partial charge is 0.450 e. The average molecular weight is 482 g/mol. The van der Waals surface area contributed by atoms with Gasteiger partial charge in [-0.3, -0.25) is 19.4 Å². The lowest BCUT2D eigenvalue weighted by molar-refractivity contribution is -0.136. The highest BCUT2D eigenvalue weighted by Gasteiger charge is 2.29. The zero-order valence-corrected chi connectivity index (χ0v) is 18.6. The van der Waals surface area contributed by atoms with Crippen molar-refractivity contribution in [1.29, 1.82) is 0 Å². The van der Waals surface area contributed by atoms with Gasteiger partial charge >= 0.3 is 6.09 Å². The Balaban J connectivity index is 1.62. The van der Waals surface area contributed by atoms with Crippen molar-refractivity contribution in [2.24, 2.45) is 0 Å². The van der Waals surface area contributed by atoms with Crippen molar-refractivity contribution in [3.63, 3.8) is 0 Å². The number of carbonyl (C=O) groups is 3. The van der Waals surface area contributed by atoms with E-state index in [1.807, 2.05) is 0 Å². The first-order chi connectivity index (χ1) is 14.3. The Morgan fingerprint density at radius 3 is 2.53 bits per heavy atom. The van der Waals surface area contributed by atoms with Crippen molar-refractivity contribution in [2.45, 2.75) is 26.8 Å². The van der Waals surface area contributed by atoms with Gasteiger partial charge in [0.25, 0.3) is 5.91 Å². The molecule has 2 aromatic heterocycles. The predicted molar refractivity (Wildman–Crippen MR) is 111 cm³/mol. The molecule has 0 spiro atoms. The number of halogens is 1. The van der Waals surface area contributed by atoms with Crippen LogP contribution in [-0.4, -0.2) is 80.5 Å². The van der Waals surface area contributed by atoms with Gasteiger partial charge in [0.1, 0.15) is 11.7 Å². The Labute approximate surface area is 181 Å². The molecule has 1 aliphatic heterocycles. The van der Waals surface area contributed by atoms with E-state index in [4.69, 9.17) is 4.74 Å². The van der Waals surface area contributed by atoms with Crippen molar-refractivity contribution < 1.29 is 19.1 Å². The third-order valence-electron chi connectivity index (χ3n) is 4.86. The van der Waals surface area contributed by atoms with E-state index in [-0.39, 0.29) is 17.9 Å². The first-order valence-electron chi connectivity index (χ1n) is 9.58. The number of aromatic nitrogens is 4. The number of piperazine rings is 1.